The molecular formula is C15H22ClFIN3O. The van der Waals surface area contributed by atoms with Crippen molar-refractivity contribution in [2.75, 3.05) is 19.6 Å². The van der Waals surface area contributed by atoms with Crippen molar-refractivity contribution in [1.82, 2.24) is 4.90 Å². The number of nitrogens with two attached hydrogens (primary N) is 1. The first-order valence-corrected chi connectivity index (χ1v) is 7.53. The molecule has 1 aliphatic heterocycles. The van der Waals surface area contributed by atoms with Gasteiger partial charge in [-0.3, -0.25) is 4.99 Å². The summed E-state index contributed by atoms with van der Waals surface area (Å²) in [5.41, 5.74) is 6.41. The SMILES string of the molecule is CC1CCCN(C(N)=NCC(O)c2ccc(Cl)c(F)c2)C1.I. The highest BCUT2D eigenvalue weighted by molar-refractivity contribution is 14.0. The fourth-order valence-corrected chi connectivity index (χ4v) is 2.62. The summed E-state index contributed by atoms with van der Waals surface area (Å²) in [5, 5.41) is 10.1. The van der Waals surface area contributed by atoms with Gasteiger partial charge in [0.2, 0.25) is 0 Å². The molecule has 0 radical (unpaired) electrons. The molecule has 0 aromatic heterocycles. The van der Waals surface area contributed by atoms with E-state index in [4.69, 9.17) is 17.3 Å². The molecule has 22 heavy (non-hydrogen) atoms. The van der Waals surface area contributed by atoms with Gasteiger partial charge in [0.05, 0.1) is 17.7 Å². The van der Waals surface area contributed by atoms with Gasteiger partial charge in [-0.15, -0.1) is 24.0 Å². The average Bonchev–Trinajstić information content (AvgIpc) is 2.47. The summed E-state index contributed by atoms with van der Waals surface area (Å²) in [6.45, 7) is 4.08. The molecule has 1 aromatic carbocycles. The van der Waals surface area contributed by atoms with Gasteiger partial charge in [0.25, 0.3) is 0 Å². The van der Waals surface area contributed by atoms with Crippen LogP contribution in [0.5, 0.6) is 0 Å². The van der Waals surface area contributed by atoms with E-state index >= 15 is 0 Å². The largest absolute Gasteiger partial charge is 0.386 e. The Morgan fingerprint density at radius 1 is 1.59 bits per heavy atom. The van der Waals surface area contributed by atoms with E-state index in [2.05, 4.69) is 11.9 Å². The minimum Gasteiger partial charge on any atom is -0.386 e. The number of nitrogens with zero attached hydrogens (tertiary/aromatic N) is 2. The van der Waals surface area contributed by atoms with Gasteiger partial charge in [-0.25, -0.2) is 4.39 Å². The minimum atomic E-state index is -0.891. The standard InChI is InChI=1S/C15H21ClFN3O.HI/c1-10-3-2-6-20(9-10)15(18)19-8-14(21)11-4-5-12(16)13(17)7-11;/h4-5,7,10,14,21H,2-3,6,8-9H2,1H3,(H2,18,19);1H. The van der Waals surface area contributed by atoms with E-state index in [-0.39, 0.29) is 35.5 Å². The van der Waals surface area contributed by atoms with Gasteiger partial charge in [0.15, 0.2) is 5.96 Å². The number of aliphatic hydroxyl groups is 1. The molecule has 2 atom stereocenters. The lowest BCUT2D eigenvalue weighted by atomic mass is 10.0. The van der Waals surface area contributed by atoms with E-state index in [1.54, 1.807) is 6.07 Å². The van der Waals surface area contributed by atoms with E-state index in [1.807, 2.05) is 4.90 Å². The minimum absolute atomic E-state index is 0. The van der Waals surface area contributed by atoms with Crippen LogP contribution >= 0.6 is 35.6 Å². The second-order valence-electron chi connectivity index (χ2n) is 5.58. The Balaban J connectivity index is 0.00000242. The summed E-state index contributed by atoms with van der Waals surface area (Å²) in [7, 11) is 0. The summed E-state index contributed by atoms with van der Waals surface area (Å²) in [5.74, 6) is 0.493. The molecule has 1 aliphatic rings. The number of piperidine rings is 1. The van der Waals surface area contributed by atoms with Crippen molar-refractivity contribution >= 4 is 41.5 Å². The molecule has 2 unspecified atom stereocenters. The molecule has 0 spiro atoms. The van der Waals surface area contributed by atoms with Crippen LogP contribution in [-0.2, 0) is 0 Å². The predicted molar refractivity (Wildman–Crippen MR) is 98.2 cm³/mol. The lowest BCUT2D eigenvalue weighted by molar-refractivity contribution is 0.185. The maximum absolute atomic E-state index is 13.4. The maximum Gasteiger partial charge on any atom is 0.191 e. The molecule has 0 saturated carbocycles. The molecule has 1 fully saturated rings. The van der Waals surface area contributed by atoms with Crippen molar-refractivity contribution in [3.05, 3.63) is 34.6 Å². The van der Waals surface area contributed by atoms with Crippen LogP contribution in [0.25, 0.3) is 0 Å². The highest BCUT2D eigenvalue weighted by atomic mass is 127. The first-order chi connectivity index (χ1) is 9.97. The third kappa shape index (κ3) is 5.24. The zero-order valence-corrected chi connectivity index (χ0v) is 15.6. The lowest BCUT2D eigenvalue weighted by Gasteiger charge is -2.31. The number of benzene rings is 1. The third-order valence-electron chi connectivity index (χ3n) is 3.74. The van der Waals surface area contributed by atoms with Crippen molar-refractivity contribution in [2.24, 2.45) is 16.6 Å². The van der Waals surface area contributed by atoms with Crippen molar-refractivity contribution in [3.63, 3.8) is 0 Å². The molecule has 0 bridgehead atoms. The van der Waals surface area contributed by atoms with Gasteiger partial charge < -0.3 is 15.7 Å². The topological polar surface area (TPSA) is 61.8 Å². The van der Waals surface area contributed by atoms with Crippen LogP contribution in [0.1, 0.15) is 31.4 Å². The molecule has 1 heterocycles. The second kappa shape index (κ2) is 8.88. The van der Waals surface area contributed by atoms with Crippen molar-refractivity contribution in [1.29, 1.82) is 0 Å². The van der Waals surface area contributed by atoms with Crippen molar-refractivity contribution in [2.45, 2.75) is 25.9 Å². The molecule has 0 aliphatic carbocycles. The van der Waals surface area contributed by atoms with Gasteiger partial charge in [0, 0.05) is 13.1 Å². The number of likely N-dealkylation sites (tertiary alicyclic amines) is 1. The number of hydrogen-bond acceptors (Lipinski definition) is 2. The monoisotopic (exact) mass is 441 g/mol. The zero-order chi connectivity index (χ0) is 15.4. The number of guanidine groups is 1. The molecule has 7 heteroatoms. The fraction of sp³-hybridized carbons (Fsp3) is 0.533. The zero-order valence-electron chi connectivity index (χ0n) is 12.5. The fourth-order valence-electron chi connectivity index (χ4n) is 2.50. The normalized spacial score (nSPS) is 20.5. The summed E-state index contributed by atoms with van der Waals surface area (Å²) in [6.07, 6.45) is 1.41. The Kier molecular flexibility index (Phi) is 7.85. The van der Waals surface area contributed by atoms with Gasteiger partial charge in [-0.05, 0) is 36.5 Å². The molecule has 3 N–H and O–H groups in total. The molecule has 2 rings (SSSR count). The van der Waals surface area contributed by atoms with Crippen molar-refractivity contribution in [3.8, 4) is 0 Å². The Labute approximate surface area is 152 Å². The van der Waals surface area contributed by atoms with Crippen LogP contribution < -0.4 is 5.73 Å². The average molecular weight is 442 g/mol. The summed E-state index contributed by atoms with van der Waals surface area (Å²) in [4.78, 5) is 6.26. The van der Waals surface area contributed by atoms with E-state index in [1.165, 1.54) is 18.6 Å². The predicted octanol–water partition coefficient (Wildman–Crippen LogP) is 3.18. The van der Waals surface area contributed by atoms with E-state index in [0.29, 0.717) is 17.4 Å². The number of rotatable bonds is 3. The molecular weight excluding hydrogens is 420 g/mol. The number of hydrogen-bond donors (Lipinski definition) is 2. The Bertz CT molecular complexity index is 530. The highest BCUT2D eigenvalue weighted by Gasteiger charge is 2.18. The summed E-state index contributed by atoms with van der Waals surface area (Å²) < 4.78 is 13.4. The molecule has 4 nitrogen and oxygen atoms in total. The van der Waals surface area contributed by atoms with Crippen LogP contribution in [0.3, 0.4) is 0 Å². The number of halogens is 3. The van der Waals surface area contributed by atoms with E-state index in [0.717, 1.165) is 19.5 Å². The van der Waals surface area contributed by atoms with Gasteiger partial charge in [-0.1, -0.05) is 24.6 Å². The lowest BCUT2D eigenvalue weighted by Crippen LogP contribution is -2.43. The Hall–Kier alpha value is -0.600. The Morgan fingerprint density at radius 2 is 2.32 bits per heavy atom. The van der Waals surface area contributed by atoms with Crippen LogP contribution in [0.2, 0.25) is 5.02 Å². The molecule has 1 saturated heterocycles. The Morgan fingerprint density at radius 3 is 2.95 bits per heavy atom. The third-order valence-corrected chi connectivity index (χ3v) is 4.04. The maximum atomic E-state index is 13.4. The van der Waals surface area contributed by atoms with Gasteiger partial charge in [-0.2, -0.15) is 0 Å². The first kappa shape index (κ1) is 19.4. The number of aliphatic imine (C=N–C) groups is 1. The molecule has 0 amide bonds. The van der Waals surface area contributed by atoms with Crippen molar-refractivity contribution < 1.29 is 9.50 Å². The smallest absolute Gasteiger partial charge is 0.191 e. The molecule has 124 valence electrons. The highest BCUT2D eigenvalue weighted by Crippen LogP contribution is 2.21. The molecule has 1 aromatic rings. The van der Waals surface area contributed by atoms with Crippen LogP contribution in [0.4, 0.5) is 4.39 Å². The van der Waals surface area contributed by atoms with Crippen LogP contribution in [-0.4, -0.2) is 35.6 Å². The van der Waals surface area contributed by atoms with E-state index < -0.39 is 11.9 Å². The van der Waals surface area contributed by atoms with E-state index in [9.17, 15) is 9.50 Å². The first-order valence-electron chi connectivity index (χ1n) is 7.15. The van der Waals surface area contributed by atoms with Gasteiger partial charge in [0.1, 0.15) is 5.82 Å². The van der Waals surface area contributed by atoms with Crippen LogP contribution in [0, 0.1) is 11.7 Å². The summed E-state index contributed by atoms with van der Waals surface area (Å²) >= 11 is 5.62. The number of aliphatic hydroxyl groups excluding tert-OH is 1. The quantitative estimate of drug-likeness (QED) is 0.430. The van der Waals surface area contributed by atoms with Gasteiger partial charge >= 0.3 is 0 Å². The second-order valence-corrected chi connectivity index (χ2v) is 5.99. The summed E-state index contributed by atoms with van der Waals surface area (Å²) in [6, 6.07) is 4.24. The van der Waals surface area contributed by atoms with Crippen LogP contribution in [0.15, 0.2) is 23.2 Å².